The summed E-state index contributed by atoms with van der Waals surface area (Å²) in [7, 11) is 1.93. The third-order valence-electron chi connectivity index (χ3n) is 4.02. The van der Waals surface area contributed by atoms with Crippen LogP contribution >= 0.6 is 35.0 Å². The highest BCUT2D eigenvalue weighted by Gasteiger charge is 2.27. The van der Waals surface area contributed by atoms with Gasteiger partial charge in [-0.3, -0.25) is 0 Å². The van der Waals surface area contributed by atoms with Gasteiger partial charge in [0.1, 0.15) is 6.61 Å². The van der Waals surface area contributed by atoms with Crippen molar-refractivity contribution in [3.05, 3.63) is 63.9 Å². The standard InChI is InChI=1S/C18H15Cl2N3O2S/c1-23-17(16-9-24-14-4-2-3-5-15(14)25-16)21-22-18(23)26-10-11-6-7-12(19)13(20)8-11/h2-8,16H,9-10H2,1H3/t16-/m1/s1. The molecule has 0 saturated carbocycles. The summed E-state index contributed by atoms with van der Waals surface area (Å²) in [6.07, 6.45) is -0.290. The first-order valence-electron chi connectivity index (χ1n) is 7.96. The third-order valence-corrected chi connectivity index (χ3v) is 5.85. The summed E-state index contributed by atoms with van der Waals surface area (Å²) in [5.74, 6) is 2.92. The molecule has 4 rings (SSSR count). The number of nitrogens with zero attached hydrogens (tertiary/aromatic N) is 3. The highest BCUT2D eigenvalue weighted by atomic mass is 35.5. The predicted molar refractivity (Wildman–Crippen MR) is 102 cm³/mol. The molecule has 1 aromatic heterocycles. The Kier molecular flexibility index (Phi) is 4.98. The summed E-state index contributed by atoms with van der Waals surface area (Å²) < 4.78 is 13.7. The Morgan fingerprint density at radius 2 is 1.92 bits per heavy atom. The molecular formula is C18H15Cl2N3O2S. The van der Waals surface area contributed by atoms with Crippen LogP contribution in [0.1, 0.15) is 17.5 Å². The maximum absolute atomic E-state index is 6.07. The molecule has 8 heteroatoms. The molecule has 0 bridgehead atoms. The molecule has 1 aliphatic heterocycles. The van der Waals surface area contributed by atoms with Gasteiger partial charge in [0.25, 0.3) is 0 Å². The lowest BCUT2D eigenvalue weighted by molar-refractivity contribution is 0.0825. The first-order chi connectivity index (χ1) is 12.6. The van der Waals surface area contributed by atoms with Gasteiger partial charge in [-0.05, 0) is 29.8 Å². The van der Waals surface area contributed by atoms with E-state index in [1.54, 1.807) is 17.8 Å². The van der Waals surface area contributed by atoms with Crippen molar-refractivity contribution in [3.8, 4) is 11.5 Å². The van der Waals surface area contributed by atoms with Crippen molar-refractivity contribution in [1.29, 1.82) is 0 Å². The van der Waals surface area contributed by atoms with Crippen LogP contribution in [0, 0.1) is 0 Å². The highest BCUT2D eigenvalue weighted by molar-refractivity contribution is 7.98. The van der Waals surface area contributed by atoms with Gasteiger partial charge in [-0.15, -0.1) is 10.2 Å². The van der Waals surface area contributed by atoms with Gasteiger partial charge in [0, 0.05) is 12.8 Å². The Balaban J connectivity index is 1.47. The van der Waals surface area contributed by atoms with Crippen molar-refractivity contribution in [1.82, 2.24) is 14.8 Å². The Hall–Kier alpha value is -1.89. The number of benzene rings is 2. The Bertz CT molecular complexity index is 948. The van der Waals surface area contributed by atoms with Crippen molar-refractivity contribution in [2.24, 2.45) is 7.05 Å². The molecule has 0 unspecified atom stereocenters. The average molecular weight is 408 g/mol. The van der Waals surface area contributed by atoms with E-state index in [1.165, 1.54) is 0 Å². The van der Waals surface area contributed by atoms with E-state index in [2.05, 4.69) is 10.2 Å². The second-order valence-corrected chi connectivity index (χ2v) is 7.56. The Labute approximate surface area is 165 Å². The van der Waals surface area contributed by atoms with E-state index in [0.29, 0.717) is 22.4 Å². The molecular weight excluding hydrogens is 393 g/mol. The lowest BCUT2D eigenvalue weighted by Gasteiger charge is -2.25. The van der Waals surface area contributed by atoms with Crippen molar-refractivity contribution >= 4 is 35.0 Å². The van der Waals surface area contributed by atoms with Gasteiger partial charge < -0.3 is 14.0 Å². The van der Waals surface area contributed by atoms with Gasteiger partial charge in [-0.2, -0.15) is 0 Å². The fourth-order valence-electron chi connectivity index (χ4n) is 2.66. The second-order valence-electron chi connectivity index (χ2n) is 5.80. The van der Waals surface area contributed by atoms with Gasteiger partial charge in [-0.25, -0.2) is 0 Å². The average Bonchev–Trinajstić information content (AvgIpc) is 3.03. The van der Waals surface area contributed by atoms with Crippen molar-refractivity contribution in [3.63, 3.8) is 0 Å². The van der Waals surface area contributed by atoms with Crippen LogP contribution in [0.3, 0.4) is 0 Å². The molecule has 2 aromatic carbocycles. The number of rotatable bonds is 4. The summed E-state index contributed by atoms with van der Waals surface area (Å²) in [6, 6.07) is 13.2. The van der Waals surface area contributed by atoms with Crippen LogP contribution in [-0.4, -0.2) is 21.4 Å². The number of hydrogen-bond donors (Lipinski definition) is 0. The molecule has 0 radical (unpaired) electrons. The van der Waals surface area contributed by atoms with Crippen molar-refractivity contribution in [2.45, 2.75) is 17.0 Å². The highest BCUT2D eigenvalue weighted by Crippen LogP contribution is 2.36. The van der Waals surface area contributed by atoms with E-state index >= 15 is 0 Å². The summed E-state index contributed by atoms with van der Waals surface area (Å²) in [5.41, 5.74) is 1.07. The van der Waals surface area contributed by atoms with Crippen molar-refractivity contribution < 1.29 is 9.47 Å². The molecule has 3 aromatic rings. The number of halogens is 2. The molecule has 0 amide bonds. The Morgan fingerprint density at radius 3 is 2.73 bits per heavy atom. The van der Waals surface area contributed by atoms with Crippen LogP contribution in [0.15, 0.2) is 47.6 Å². The maximum Gasteiger partial charge on any atom is 0.192 e. The topological polar surface area (TPSA) is 49.2 Å². The predicted octanol–water partition coefficient (Wildman–Crippen LogP) is 4.93. The molecule has 134 valence electrons. The summed E-state index contributed by atoms with van der Waals surface area (Å²) in [6.45, 7) is 0.403. The molecule has 1 aliphatic rings. The molecule has 26 heavy (non-hydrogen) atoms. The Morgan fingerprint density at radius 1 is 1.12 bits per heavy atom. The smallest absolute Gasteiger partial charge is 0.192 e. The molecule has 5 nitrogen and oxygen atoms in total. The van der Waals surface area contributed by atoms with Crippen LogP contribution < -0.4 is 9.47 Å². The first-order valence-corrected chi connectivity index (χ1v) is 9.70. The van der Waals surface area contributed by atoms with Crippen molar-refractivity contribution in [2.75, 3.05) is 6.61 Å². The minimum absolute atomic E-state index is 0.290. The van der Waals surface area contributed by atoms with E-state index in [-0.39, 0.29) is 6.10 Å². The van der Waals surface area contributed by atoms with Gasteiger partial charge >= 0.3 is 0 Å². The minimum atomic E-state index is -0.290. The number of fused-ring (bicyclic) bond motifs is 1. The van der Waals surface area contributed by atoms with Crippen LogP contribution in [0.2, 0.25) is 10.0 Å². The van der Waals surface area contributed by atoms with E-state index < -0.39 is 0 Å². The molecule has 0 N–H and O–H groups in total. The monoisotopic (exact) mass is 407 g/mol. The normalized spacial score (nSPS) is 15.9. The maximum atomic E-state index is 6.07. The SMILES string of the molecule is Cn1c(SCc2ccc(Cl)c(Cl)c2)nnc1[C@H]1COc2ccccc2O1. The number of thioether (sulfide) groups is 1. The molecule has 0 fully saturated rings. The number of para-hydroxylation sites is 2. The van der Waals surface area contributed by atoms with E-state index in [1.807, 2.05) is 48.0 Å². The van der Waals surface area contributed by atoms with Crippen LogP contribution in [-0.2, 0) is 12.8 Å². The second kappa shape index (κ2) is 7.39. The first kappa shape index (κ1) is 17.5. The van der Waals surface area contributed by atoms with Gasteiger partial charge in [0.15, 0.2) is 28.6 Å². The van der Waals surface area contributed by atoms with Gasteiger partial charge in [-0.1, -0.05) is 53.2 Å². The number of hydrogen-bond acceptors (Lipinski definition) is 5. The summed E-state index contributed by atoms with van der Waals surface area (Å²) in [4.78, 5) is 0. The fraction of sp³-hybridized carbons (Fsp3) is 0.222. The zero-order valence-electron chi connectivity index (χ0n) is 13.9. The number of ether oxygens (including phenoxy) is 2. The van der Waals surface area contributed by atoms with Crippen LogP contribution in [0.4, 0.5) is 0 Å². The summed E-state index contributed by atoms with van der Waals surface area (Å²) >= 11 is 13.6. The van der Waals surface area contributed by atoms with E-state index in [4.69, 9.17) is 32.7 Å². The molecule has 2 heterocycles. The quantitative estimate of drug-likeness (QED) is 0.573. The fourth-order valence-corrected chi connectivity index (χ4v) is 3.84. The lowest BCUT2D eigenvalue weighted by atomic mass is 10.2. The van der Waals surface area contributed by atoms with Gasteiger partial charge in [0.05, 0.1) is 10.0 Å². The van der Waals surface area contributed by atoms with E-state index in [0.717, 1.165) is 28.0 Å². The largest absolute Gasteiger partial charge is 0.485 e. The molecule has 0 aliphatic carbocycles. The van der Waals surface area contributed by atoms with Gasteiger partial charge in [0.2, 0.25) is 0 Å². The lowest BCUT2D eigenvalue weighted by Crippen LogP contribution is -2.24. The number of aromatic nitrogens is 3. The third kappa shape index (κ3) is 3.49. The molecule has 0 spiro atoms. The zero-order chi connectivity index (χ0) is 18.1. The summed E-state index contributed by atoms with van der Waals surface area (Å²) in [5, 5.41) is 10.5. The molecule has 1 atom stereocenters. The zero-order valence-corrected chi connectivity index (χ0v) is 16.2. The molecule has 0 saturated heterocycles. The van der Waals surface area contributed by atoms with E-state index in [9.17, 15) is 0 Å². The minimum Gasteiger partial charge on any atom is -0.485 e. The van der Waals surface area contributed by atoms with Crippen LogP contribution in [0.5, 0.6) is 11.5 Å². The van der Waals surface area contributed by atoms with Crippen LogP contribution in [0.25, 0.3) is 0 Å².